The number of benzene rings is 1. The molecule has 0 spiro atoms. The largest absolute Gasteiger partial charge is 0.371 e. The lowest BCUT2D eigenvalue weighted by Gasteiger charge is -2.31. The summed E-state index contributed by atoms with van der Waals surface area (Å²) >= 11 is 0. The zero-order chi connectivity index (χ0) is 13.2. The van der Waals surface area contributed by atoms with Crippen LogP contribution < -0.4 is 4.90 Å². The van der Waals surface area contributed by atoms with Crippen molar-refractivity contribution >= 4 is 5.69 Å². The number of nitriles is 1. The zero-order valence-electron chi connectivity index (χ0n) is 11.6. The van der Waals surface area contributed by atoms with Crippen LogP contribution in [0.4, 0.5) is 5.69 Å². The van der Waals surface area contributed by atoms with Crippen molar-refractivity contribution < 1.29 is 0 Å². The highest BCUT2D eigenvalue weighted by molar-refractivity contribution is 5.49. The van der Waals surface area contributed by atoms with E-state index in [2.05, 4.69) is 56.0 Å². The van der Waals surface area contributed by atoms with E-state index in [1.807, 2.05) is 0 Å². The summed E-state index contributed by atoms with van der Waals surface area (Å²) in [5, 5.41) is 8.91. The van der Waals surface area contributed by atoms with Crippen molar-refractivity contribution in [1.29, 1.82) is 5.26 Å². The molecule has 96 valence electrons. The Labute approximate surface area is 110 Å². The molecule has 2 nitrogen and oxygen atoms in total. The van der Waals surface area contributed by atoms with E-state index < -0.39 is 0 Å². The Morgan fingerprint density at radius 1 is 1.11 bits per heavy atom. The van der Waals surface area contributed by atoms with Gasteiger partial charge in [0.2, 0.25) is 0 Å². The highest BCUT2D eigenvalue weighted by atomic mass is 15.1. The van der Waals surface area contributed by atoms with Gasteiger partial charge in [0.1, 0.15) is 0 Å². The Hall–Kier alpha value is -1.49. The van der Waals surface area contributed by atoms with Gasteiger partial charge in [0.05, 0.1) is 6.07 Å². The van der Waals surface area contributed by atoms with E-state index in [0.29, 0.717) is 0 Å². The average Bonchev–Trinajstić information content (AvgIpc) is 2.38. The van der Waals surface area contributed by atoms with Crippen LogP contribution in [0.25, 0.3) is 0 Å². The van der Waals surface area contributed by atoms with E-state index in [-0.39, 0.29) is 11.3 Å². The average molecular weight is 242 g/mol. The summed E-state index contributed by atoms with van der Waals surface area (Å²) < 4.78 is 0. The maximum atomic E-state index is 8.91. The third-order valence-corrected chi connectivity index (χ3v) is 3.78. The Morgan fingerprint density at radius 3 is 2.11 bits per heavy atom. The van der Waals surface area contributed by atoms with Gasteiger partial charge in [-0.05, 0) is 36.0 Å². The highest BCUT2D eigenvalue weighted by Gasteiger charge is 2.19. The van der Waals surface area contributed by atoms with Crippen molar-refractivity contribution in [2.24, 2.45) is 5.92 Å². The van der Waals surface area contributed by atoms with Crippen LogP contribution in [-0.4, -0.2) is 13.1 Å². The molecule has 0 radical (unpaired) electrons. The SMILES string of the molecule is CC(C)(C)c1ccc(N2CCC(C#N)CC2)cc1. The fourth-order valence-electron chi connectivity index (χ4n) is 2.44. The smallest absolute Gasteiger partial charge is 0.0657 e. The second-order valence-corrected chi connectivity index (χ2v) is 6.19. The lowest BCUT2D eigenvalue weighted by atomic mass is 9.87. The van der Waals surface area contributed by atoms with E-state index in [0.717, 1.165) is 25.9 Å². The van der Waals surface area contributed by atoms with Crippen LogP contribution in [-0.2, 0) is 5.41 Å². The molecule has 0 unspecified atom stereocenters. The molecule has 1 aromatic carbocycles. The number of hydrogen-bond donors (Lipinski definition) is 0. The van der Waals surface area contributed by atoms with Crippen LogP contribution in [0.15, 0.2) is 24.3 Å². The standard InChI is InChI=1S/C16H22N2/c1-16(2,3)14-4-6-15(7-5-14)18-10-8-13(12-17)9-11-18/h4-7,13H,8-11H2,1-3H3. The van der Waals surface area contributed by atoms with Crippen molar-refractivity contribution in [2.75, 3.05) is 18.0 Å². The van der Waals surface area contributed by atoms with Gasteiger partial charge in [-0.25, -0.2) is 0 Å². The maximum absolute atomic E-state index is 8.91. The molecule has 18 heavy (non-hydrogen) atoms. The normalized spacial score (nSPS) is 17.6. The second-order valence-electron chi connectivity index (χ2n) is 6.19. The fourth-order valence-corrected chi connectivity index (χ4v) is 2.44. The minimum absolute atomic E-state index is 0.215. The molecule has 0 amide bonds. The summed E-state index contributed by atoms with van der Waals surface area (Å²) in [6, 6.07) is 11.3. The number of anilines is 1. The van der Waals surface area contributed by atoms with Gasteiger partial charge in [0.25, 0.3) is 0 Å². The van der Waals surface area contributed by atoms with Gasteiger partial charge in [-0.2, -0.15) is 5.26 Å². The lowest BCUT2D eigenvalue weighted by molar-refractivity contribution is 0.487. The van der Waals surface area contributed by atoms with E-state index in [1.54, 1.807) is 0 Å². The van der Waals surface area contributed by atoms with Crippen molar-refractivity contribution in [2.45, 2.75) is 39.0 Å². The van der Waals surface area contributed by atoms with Gasteiger partial charge >= 0.3 is 0 Å². The van der Waals surface area contributed by atoms with E-state index in [9.17, 15) is 0 Å². The van der Waals surface area contributed by atoms with Gasteiger partial charge in [0, 0.05) is 24.7 Å². The van der Waals surface area contributed by atoms with Crippen molar-refractivity contribution in [3.8, 4) is 6.07 Å². The quantitative estimate of drug-likeness (QED) is 0.750. The Kier molecular flexibility index (Phi) is 3.61. The third-order valence-electron chi connectivity index (χ3n) is 3.78. The van der Waals surface area contributed by atoms with E-state index in [1.165, 1.54) is 11.3 Å². The van der Waals surface area contributed by atoms with Crippen molar-refractivity contribution in [3.05, 3.63) is 29.8 Å². The number of hydrogen-bond acceptors (Lipinski definition) is 2. The fraction of sp³-hybridized carbons (Fsp3) is 0.562. The molecular formula is C16H22N2. The molecule has 0 bridgehead atoms. The van der Waals surface area contributed by atoms with Gasteiger partial charge in [-0.1, -0.05) is 32.9 Å². The summed E-state index contributed by atoms with van der Waals surface area (Å²) in [6.45, 7) is 8.72. The maximum Gasteiger partial charge on any atom is 0.0657 e. The highest BCUT2D eigenvalue weighted by Crippen LogP contribution is 2.27. The second kappa shape index (κ2) is 5.02. The molecule has 2 rings (SSSR count). The molecule has 1 aliphatic heterocycles. The first-order chi connectivity index (χ1) is 8.50. The monoisotopic (exact) mass is 242 g/mol. The minimum atomic E-state index is 0.215. The van der Waals surface area contributed by atoms with Crippen LogP contribution >= 0.6 is 0 Å². The summed E-state index contributed by atoms with van der Waals surface area (Å²) in [7, 11) is 0. The summed E-state index contributed by atoms with van der Waals surface area (Å²) in [4.78, 5) is 2.39. The molecule has 0 saturated carbocycles. The van der Waals surface area contributed by atoms with Gasteiger partial charge in [-0.3, -0.25) is 0 Å². The third kappa shape index (κ3) is 2.85. The van der Waals surface area contributed by atoms with Crippen LogP contribution in [0, 0.1) is 17.2 Å². The molecule has 0 aliphatic carbocycles. The minimum Gasteiger partial charge on any atom is -0.371 e. The summed E-state index contributed by atoms with van der Waals surface area (Å²) in [5.74, 6) is 0.259. The van der Waals surface area contributed by atoms with Gasteiger partial charge < -0.3 is 4.90 Å². The lowest BCUT2D eigenvalue weighted by Crippen LogP contribution is -2.33. The first-order valence-electron chi connectivity index (χ1n) is 6.76. The molecule has 1 aliphatic rings. The van der Waals surface area contributed by atoms with Crippen molar-refractivity contribution in [1.82, 2.24) is 0 Å². The van der Waals surface area contributed by atoms with E-state index in [4.69, 9.17) is 5.26 Å². The van der Waals surface area contributed by atoms with Crippen molar-refractivity contribution in [3.63, 3.8) is 0 Å². The molecule has 2 heteroatoms. The van der Waals surface area contributed by atoms with E-state index >= 15 is 0 Å². The molecule has 1 aromatic rings. The molecule has 0 N–H and O–H groups in total. The Morgan fingerprint density at radius 2 is 1.67 bits per heavy atom. The summed E-state index contributed by atoms with van der Waals surface area (Å²) in [5.41, 5.74) is 2.88. The number of nitrogens with zero attached hydrogens (tertiary/aromatic N) is 2. The van der Waals surface area contributed by atoms with Crippen LogP contribution in [0.3, 0.4) is 0 Å². The summed E-state index contributed by atoms with van der Waals surface area (Å²) in [6.07, 6.45) is 2.00. The zero-order valence-corrected chi connectivity index (χ0v) is 11.6. The number of piperidine rings is 1. The van der Waals surface area contributed by atoms with Crippen LogP contribution in [0.1, 0.15) is 39.2 Å². The molecule has 1 saturated heterocycles. The molecular weight excluding hydrogens is 220 g/mol. The molecule has 1 heterocycles. The van der Waals surface area contributed by atoms with Gasteiger partial charge in [-0.15, -0.1) is 0 Å². The van der Waals surface area contributed by atoms with Crippen LogP contribution in [0.5, 0.6) is 0 Å². The Balaban J connectivity index is 2.05. The predicted octanol–water partition coefficient (Wildman–Crippen LogP) is 3.72. The van der Waals surface area contributed by atoms with Crippen LogP contribution in [0.2, 0.25) is 0 Å². The van der Waals surface area contributed by atoms with Gasteiger partial charge in [0.15, 0.2) is 0 Å². The first kappa shape index (κ1) is 13.0. The predicted molar refractivity (Wildman–Crippen MR) is 75.7 cm³/mol. The molecule has 0 aromatic heterocycles. The number of rotatable bonds is 1. The molecule has 0 atom stereocenters. The molecule has 1 fully saturated rings. The Bertz CT molecular complexity index is 426. The first-order valence-corrected chi connectivity index (χ1v) is 6.76. The topological polar surface area (TPSA) is 27.0 Å².